The quantitative estimate of drug-likeness (QED) is 0.465. The molecular formula is C26H33NO4. The molecule has 2 aliphatic carbocycles. The number of carbonyl (C=O) groups is 2. The van der Waals surface area contributed by atoms with Gasteiger partial charge in [-0.3, -0.25) is 9.59 Å². The van der Waals surface area contributed by atoms with Crippen LogP contribution in [0.4, 0.5) is 0 Å². The van der Waals surface area contributed by atoms with Crippen molar-refractivity contribution in [1.82, 2.24) is 5.32 Å². The molecule has 4 atom stereocenters. The molecule has 5 nitrogen and oxygen atoms in total. The summed E-state index contributed by atoms with van der Waals surface area (Å²) in [5, 5.41) is 12.0. The average Bonchev–Trinajstić information content (AvgIpc) is 3.55. The lowest BCUT2D eigenvalue weighted by atomic mass is 9.70. The summed E-state index contributed by atoms with van der Waals surface area (Å²) in [6.07, 6.45) is 10.4. The van der Waals surface area contributed by atoms with Crippen LogP contribution in [0.15, 0.2) is 18.7 Å². The highest BCUT2D eigenvalue weighted by Crippen LogP contribution is 2.40. The van der Waals surface area contributed by atoms with Gasteiger partial charge in [0, 0.05) is 17.5 Å². The van der Waals surface area contributed by atoms with E-state index in [2.05, 4.69) is 17.8 Å². The van der Waals surface area contributed by atoms with Gasteiger partial charge < -0.3 is 15.2 Å². The lowest BCUT2D eigenvalue weighted by Gasteiger charge is -2.34. The van der Waals surface area contributed by atoms with Crippen LogP contribution in [0.25, 0.3) is 6.08 Å². The van der Waals surface area contributed by atoms with Gasteiger partial charge in [-0.25, -0.2) is 0 Å². The third-order valence-corrected chi connectivity index (χ3v) is 6.57. The molecule has 0 spiro atoms. The van der Waals surface area contributed by atoms with Gasteiger partial charge in [0.1, 0.15) is 17.4 Å². The molecule has 0 saturated heterocycles. The number of terminal acetylenes is 1. The monoisotopic (exact) mass is 423 g/mol. The first-order valence-electron chi connectivity index (χ1n) is 11.1. The van der Waals surface area contributed by atoms with Gasteiger partial charge in [0.05, 0.1) is 6.61 Å². The van der Waals surface area contributed by atoms with Crippen LogP contribution < -0.4 is 10.1 Å². The molecule has 5 heteroatoms. The standard InChI is InChI=1S/C26H33NO4/c1-6-21-23(31-15-18-8-9-18)11-10-19-12-20(13-22(29)24(19)21)16(3)14-26(5,7-2)25(30)27-17(4)28/h2,6,10-11,16-18,20,28H,1,8-9,12-15H2,3-5H3,(H,27,30). The second-order valence-corrected chi connectivity index (χ2v) is 9.37. The molecular weight excluding hydrogens is 390 g/mol. The van der Waals surface area contributed by atoms with Crippen molar-refractivity contribution in [2.45, 2.75) is 59.1 Å². The first-order valence-corrected chi connectivity index (χ1v) is 11.1. The van der Waals surface area contributed by atoms with Crippen LogP contribution >= 0.6 is 0 Å². The van der Waals surface area contributed by atoms with E-state index in [9.17, 15) is 14.7 Å². The van der Waals surface area contributed by atoms with E-state index in [1.165, 1.54) is 19.8 Å². The van der Waals surface area contributed by atoms with Crippen molar-refractivity contribution in [1.29, 1.82) is 0 Å². The van der Waals surface area contributed by atoms with Crippen LogP contribution in [0.5, 0.6) is 5.75 Å². The fraction of sp³-hybridized carbons (Fsp3) is 0.538. The predicted octanol–water partition coefficient (Wildman–Crippen LogP) is 3.98. The number of aliphatic hydroxyl groups is 1. The zero-order chi connectivity index (χ0) is 22.8. The largest absolute Gasteiger partial charge is 0.493 e. The van der Waals surface area contributed by atoms with Crippen LogP contribution in [-0.4, -0.2) is 29.6 Å². The number of carbonyl (C=O) groups excluding carboxylic acids is 2. The van der Waals surface area contributed by atoms with Crippen molar-refractivity contribution in [2.24, 2.45) is 23.2 Å². The zero-order valence-corrected chi connectivity index (χ0v) is 18.7. The summed E-state index contributed by atoms with van der Waals surface area (Å²) in [5.74, 6) is 3.81. The summed E-state index contributed by atoms with van der Waals surface area (Å²) >= 11 is 0. The molecule has 1 aromatic rings. The molecule has 4 unspecified atom stereocenters. The van der Waals surface area contributed by atoms with Gasteiger partial charge in [0.25, 0.3) is 0 Å². The van der Waals surface area contributed by atoms with Gasteiger partial charge in [-0.2, -0.15) is 0 Å². The molecule has 2 N–H and O–H groups in total. The van der Waals surface area contributed by atoms with Crippen molar-refractivity contribution in [3.63, 3.8) is 0 Å². The SMILES string of the molecule is C#CC(C)(CC(C)C1CC(=O)c2c(ccc(OCC3CC3)c2C=C)C1)C(=O)NC(C)O. The number of fused-ring (bicyclic) bond motifs is 1. The number of ether oxygens (including phenoxy) is 1. The highest BCUT2D eigenvalue weighted by Gasteiger charge is 2.38. The van der Waals surface area contributed by atoms with Gasteiger partial charge in [0.15, 0.2) is 5.78 Å². The minimum atomic E-state index is -1.05. The van der Waals surface area contributed by atoms with E-state index >= 15 is 0 Å². The van der Waals surface area contributed by atoms with Gasteiger partial charge in [-0.15, -0.1) is 6.42 Å². The Bertz CT molecular complexity index is 909. The van der Waals surface area contributed by atoms with E-state index in [1.807, 2.05) is 19.1 Å². The fourth-order valence-corrected chi connectivity index (χ4v) is 4.44. The summed E-state index contributed by atoms with van der Waals surface area (Å²) in [4.78, 5) is 25.7. The Kier molecular flexibility index (Phi) is 6.91. The Hall–Kier alpha value is -2.58. The average molecular weight is 424 g/mol. The minimum absolute atomic E-state index is 0.0517. The molecule has 1 fully saturated rings. The van der Waals surface area contributed by atoms with Gasteiger partial charge >= 0.3 is 0 Å². The molecule has 0 aliphatic heterocycles. The molecule has 2 aliphatic rings. The van der Waals surface area contributed by atoms with Gasteiger partial charge in [-0.1, -0.05) is 31.6 Å². The van der Waals surface area contributed by atoms with Crippen LogP contribution in [0.1, 0.15) is 67.9 Å². The van der Waals surface area contributed by atoms with E-state index in [0.29, 0.717) is 25.4 Å². The Balaban J connectivity index is 1.77. The Morgan fingerprint density at radius 3 is 2.71 bits per heavy atom. The number of amides is 1. The Morgan fingerprint density at radius 1 is 1.42 bits per heavy atom. The lowest BCUT2D eigenvalue weighted by Crippen LogP contribution is -2.44. The van der Waals surface area contributed by atoms with Gasteiger partial charge in [-0.05, 0) is 68.9 Å². The Labute approximate surface area is 185 Å². The number of rotatable bonds is 9. The summed E-state index contributed by atoms with van der Waals surface area (Å²) in [6.45, 7) is 9.83. The van der Waals surface area contributed by atoms with E-state index < -0.39 is 11.6 Å². The van der Waals surface area contributed by atoms with Crippen molar-refractivity contribution in [3.8, 4) is 18.1 Å². The molecule has 0 radical (unpaired) electrons. The minimum Gasteiger partial charge on any atom is -0.493 e. The third-order valence-electron chi connectivity index (χ3n) is 6.57. The second-order valence-electron chi connectivity index (χ2n) is 9.37. The van der Waals surface area contributed by atoms with Crippen LogP contribution in [0.3, 0.4) is 0 Å². The summed E-state index contributed by atoms with van der Waals surface area (Å²) in [6, 6.07) is 3.93. The molecule has 1 amide bonds. The molecule has 31 heavy (non-hydrogen) atoms. The van der Waals surface area contributed by atoms with Crippen LogP contribution in [0.2, 0.25) is 0 Å². The van der Waals surface area contributed by atoms with Crippen molar-refractivity contribution < 1.29 is 19.4 Å². The van der Waals surface area contributed by atoms with E-state index in [0.717, 1.165) is 28.9 Å². The van der Waals surface area contributed by atoms with E-state index in [4.69, 9.17) is 11.2 Å². The summed E-state index contributed by atoms with van der Waals surface area (Å²) < 4.78 is 5.97. The number of hydrogen-bond donors (Lipinski definition) is 2. The molecule has 0 bridgehead atoms. The Morgan fingerprint density at radius 2 is 2.13 bits per heavy atom. The molecule has 0 aromatic heterocycles. The number of aliphatic hydroxyl groups excluding tert-OH is 1. The van der Waals surface area contributed by atoms with Crippen LogP contribution in [0, 0.1) is 35.5 Å². The van der Waals surface area contributed by atoms with Crippen molar-refractivity contribution in [2.75, 3.05) is 6.61 Å². The van der Waals surface area contributed by atoms with Crippen molar-refractivity contribution in [3.05, 3.63) is 35.4 Å². The molecule has 166 valence electrons. The molecule has 3 rings (SSSR count). The van der Waals surface area contributed by atoms with E-state index in [-0.39, 0.29) is 23.5 Å². The summed E-state index contributed by atoms with van der Waals surface area (Å²) in [5.41, 5.74) is 1.46. The highest BCUT2D eigenvalue weighted by atomic mass is 16.5. The number of Topliss-reactive ketones (excluding diaryl/α,β-unsaturated/α-hetero) is 1. The maximum atomic E-state index is 13.1. The van der Waals surface area contributed by atoms with E-state index in [1.54, 1.807) is 13.0 Å². The second kappa shape index (κ2) is 9.28. The highest BCUT2D eigenvalue weighted by molar-refractivity contribution is 6.02. The smallest absolute Gasteiger partial charge is 0.239 e. The molecule has 0 heterocycles. The molecule has 1 saturated carbocycles. The number of ketones is 1. The first-order chi connectivity index (χ1) is 14.7. The zero-order valence-electron chi connectivity index (χ0n) is 18.7. The van der Waals surface area contributed by atoms with Crippen LogP contribution in [-0.2, 0) is 11.2 Å². The van der Waals surface area contributed by atoms with Gasteiger partial charge in [0.2, 0.25) is 5.91 Å². The predicted molar refractivity (Wildman–Crippen MR) is 121 cm³/mol. The summed E-state index contributed by atoms with van der Waals surface area (Å²) in [7, 11) is 0. The normalized spacial score (nSPS) is 21.8. The maximum absolute atomic E-state index is 13.1. The number of benzene rings is 1. The fourth-order valence-electron chi connectivity index (χ4n) is 4.44. The number of nitrogens with one attached hydrogen (secondary N) is 1. The van der Waals surface area contributed by atoms with Crippen molar-refractivity contribution >= 4 is 17.8 Å². The number of hydrogen-bond acceptors (Lipinski definition) is 4. The lowest BCUT2D eigenvalue weighted by molar-refractivity contribution is -0.131. The topological polar surface area (TPSA) is 75.6 Å². The maximum Gasteiger partial charge on any atom is 0.239 e. The first kappa shape index (κ1) is 23.1. The molecule has 1 aromatic carbocycles. The third kappa shape index (κ3) is 5.19.